The highest BCUT2D eigenvalue weighted by Gasteiger charge is 2.15. The van der Waals surface area contributed by atoms with Crippen LogP contribution in [0.3, 0.4) is 0 Å². The van der Waals surface area contributed by atoms with Crippen molar-refractivity contribution in [3.63, 3.8) is 0 Å². The second-order valence-electron chi connectivity index (χ2n) is 4.14. The van der Waals surface area contributed by atoms with Crippen LogP contribution in [0.4, 0.5) is 0 Å². The standard InChI is InChI=1S/C13H16N2S/c1-8-4-5-11(9(2)6-8)12(14)13-10(3)15-7-16-13/h4-7,12H,14H2,1-3H3. The monoisotopic (exact) mass is 232 g/mol. The van der Waals surface area contributed by atoms with Crippen molar-refractivity contribution < 1.29 is 0 Å². The Morgan fingerprint density at radius 3 is 2.56 bits per heavy atom. The molecule has 2 rings (SSSR count). The molecule has 0 fully saturated rings. The lowest BCUT2D eigenvalue weighted by atomic mass is 9.98. The molecule has 1 heterocycles. The minimum atomic E-state index is -0.0481. The number of aromatic nitrogens is 1. The van der Waals surface area contributed by atoms with Gasteiger partial charge in [0.05, 0.1) is 17.2 Å². The summed E-state index contributed by atoms with van der Waals surface area (Å²) >= 11 is 1.63. The number of benzene rings is 1. The third-order valence-corrected chi connectivity index (χ3v) is 3.84. The van der Waals surface area contributed by atoms with Gasteiger partial charge in [-0.15, -0.1) is 11.3 Å². The number of nitrogens with zero attached hydrogens (tertiary/aromatic N) is 1. The molecular formula is C13H16N2S. The van der Waals surface area contributed by atoms with Gasteiger partial charge in [0.2, 0.25) is 0 Å². The van der Waals surface area contributed by atoms with E-state index < -0.39 is 0 Å². The number of thiazole rings is 1. The predicted molar refractivity (Wildman–Crippen MR) is 68.8 cm³/mol. The molecule has 0 aliphatic rings. The third-order valence-electron chi connectivity index (χ3n) is 2.83. The summed E-state index contributed by atoms with van der Waals surface area (Å²) in [4.78, 5) is 5.41. The van der Waals surface area contributed by atoms with E-state index in [2.05, 4.69) is 37.0 Å². The molecule has 2 N–H and O–H groups in total. The van der Waals surface area contributed by atoms with Gasteiger partial charge in [0.25, 0.3) is 0 Å². The summed E-state index contributed by atoms with van der Waals surface area (Å²) in [6.07, 6.45) is 0. The maximum Gasteiger partial charge on any atom is 0.0798 e. The first-order valence-corrected chi connectivity index (χ1v) is 6.20. The Balaban J connectivity index is 2.41. The van der Waals surface area contributed by atoms with Crippen LogP contribution in [0.2, 0.25) is 0 Å². The van der Waals surface area contributed by atoms with E-state index in [9.17, 15) is 0 Å². The van der Waals surface area contributed by atoms with Gasteiger partial charge < -0.3 is 5.73 Å². The smallest absolute Gasteiger partial charge is 0.0798 e. The van der Waals surface area contributed by atoms with Gasteiger partial charge in [-0.25, -0.2) is 4.98 Å². The van der Waals surface area contributed by atoms with Gasteiger partial charge in [-0.1, -0.05) is 23.8 Å². The molecule has 0 aliphatic heterocycles. The van der Waals surface area contributed by atoms with Crippen LogP contribution >= 0.6 is 11.3 Å². The number of hydrogen-bond donors (Lipinski definition) is 1. The molecule has 1 aromatic heterocycles. The Kier molecular flexibility index (Phi) is 3.08. The molecule has 0 amide bonds. The van der Waals surface area contributed by atoms with E-state index in [1.54, 1.807) is 11.3 Å². The van der Waals surface area contributed by atoms with Gasteiger partial charge in [-0.05, 0) is 31.9 Å². The lowest BCUT2D eigenvalue weighted by Gasteiger charge is -2.14. The molecule has 1 aromatic carbocycles. The molecule has 0 saturated carbocycles. The maximum atomic E-state index is 6.28. The minimum Gasteiger partial charge on any atom is -0.320 e. The quantitative estimate of drug-likeness (QED) is 0.864. The zero-order chi connectivity index (χ0) is 11.7. The van der Waals surface area contributed by atoms with Crippen LogP contribution in [-0.4, -0.2) is 4.98 Å². The van der Waals surface area contributed by atoms with E-state index in [0.29, 0.717) is 0 Å². The van der Waals surface area contributed by atoms with E-state index >= 15 is 0 Å². The topological polar surface area (TPSA) is 38.9 Å². The summed E-state index contributed by atoms with van der Waals surface area (Å²) in [5, 5.41) is 0. The van der Waals surface area contributed by atoms with Crippen LogP contribution in [0.5, 0.6) is 0 Å². The average Bonchev–Trinajstić information content (AvgIpc) is 2.63. The Hall–Kier alpha value is -1.19. The van der Waals surface area contributed by atoms with Crippen molar-refractivity contribution in [1.82, 2.24) is 4.98 Å². The Bertz CT molecular complexity index is 502. The SMILES string of the molecule is Cc1ccc(C(N)c2scnc2C)c(C)c1. The normalized spacial score (nSPS) is 12.8. The lowest BCUT2D eigenvalue weighted by Crippen LogP contribution is -2.13. The molecule has 1 atom stereocenters. The van der Waals surface area contributed by atoms with Crippen LogP contribution < -0.4 is 5.73 Å². The number of hydrogen-bond acceptors (Lipinski definition) is 3. The fraction of sp³-hybridized carbons (Fsp3) is 0.308. The molecular weight excluding hydrogens is 216 g/mol. The fourth-order valence-corrected chi connectivity index (χ4v) is 2.75. The van der Waals surface area contributed by atoms with Gasteiger partial charge in [0.15, 0.2) is 0 Å². The maximum absolute atomic E-state index is 6.28. The summed E-state index contributed by atoms with van der Waals surface area (Å²) in [5.41, 5.74) is 12.9. The van der Waals surface area contributed by atoms with E-state index in [-0.39, 0.29) is 6.04 Å². The van der Waals surface area contributed by atoms with Crippen LogP contribution in [0.25, 0.3) is 0 Å². The molecule has 2 nitrogen and oxygen atoms in total. The van der Waals surface area contributed by atoms with Crippen molar-refractivity contribution in [2.24, 2.45) is 5.73 Å². The van der Waals surface area contributed by atoms with Crippen molar-refractivity contribution in [2.75, 3.05) is 0 Å². The van der Waals surface area contributed by atoms with Gasteiger partial charge in [-0.3, -0.25) is 0 Å². The van der Waals surface area contributed by atoms with E-state index in [1.165, 1.54) is 16.7 Å². The molecule has 1 unspecified atom stereocenters. The highest BCUT2D eigenvalue weighted by atomic mass is 32.1. The summed E-state index contributed by atoms with van der Waals surface area (Å²) in [5.74, 6) is 0. The number of nitrogens with two attached hydrogens (primary N) is 1. The van der Waals surface area contributed by atoms with Crippen LogP contribution in [-0.2, 0) is 0 Å². The highest BCUT2D eigenvalue weighted by molar-refractivity contribution is 7.09. The molecule has 0 aliphatic carbocycles. The van der Waals surface area contributed by atoms with Crippen molar-refractivity contribution in [1.29, 1.82) is 0 Å². The van der Waals surface area contributed by atoms with Crippen molar-refractivity contribution in [3.8, 4) is 0 Å². The Morgan fingerprint density at radius 1 is 1.25 bits per heavy atom. The molecule has 2 aromatic rings. The first-order chi connectivity index (χ1) is 7.59. The third kappa shape index (κ3) is 2.01. The average molecular weight is 232 g/mol. The van der Waals surface area contributed by atoms with Crippen LogP contribution in [0.1, 0.15) is 33.3 Å². The molecule has 0 bridgehead atoms. The zero-order valence-corrected chi connectivity index (χ0v) is 10.6. The number of rotatable bonds is 2. The largest absolute Gasteiger partial charge is 0.320 e. The van der Waals surface area contributed by atoms with Crippen molar-refractivity contribution >= 4 is 11.3 Å². The Labute approximate surface area is 100 Å². The van der Waals surface area contributed by atoms with E-state index in [1.807, 2.05) is 12.4 Å². The van der Waals surface area contributed by atoms with Gasteiger partial charge in [0, 0.05) is 4.88 Å². The summed E-state index contributed by atoms with van der Waals surface area (Å²) < 4.78 is 0. The molecule has 3 heteroatoms. The van der Waals surface area contributed by atoms with E-state index in [4.69, 9.17) is 5.73 Å². The second-order valence-corrected chi connectivity index (χ2v) is 5.03. The minimum absolute atomic E-state index is 0.0481. The second kappa shape index (κ2) is 4.36. The molecule has 16 heavy (non-hydrogen) atoms. The first kappa shape index (κ1) is 11.3. The molecule has 84 valence electrons. The molecule has 0 radical (unpaired) electrons. The first-order valence-electron chi connectivity index (χ1n) is 5.32. The fourth-order valence-electron chi connectivity index (χ4n) is 1.93. The zero-order valence-electron chi connectivity index (χ0n) is 9.82. The summed E-state index contributed by atoms with van der Waals surface area (Å²) in [6.45, 7) is 6.22. The van der Waals surface area contributed by atoms with Gasteiger partial charge in [-0.2, -0.15) is 0 Å². The molecule has 0 spiro atoms. The highest BCUT2D eigenvalue weighted by Crippen LogP contribution is 2.28. The lowest BCUT2D eigenvalue weighted by molar-refractivity contribution is 0.866. The van der Waals surface area contributed by atoms with Gasteiger partial charge >= 0.3 is 0 Å². The van der Waals surface area contributed by atoms with Crippen molar-refractivity contribution in [2.45, 2.75) is 26.8 Å². The molecule has 0 saturated heterocycles. The number of aryl methyl sites for hydroxylation is 3. The predicted octanol–water partition coefficient (Wildman–Crippen LogP) is 3.12. The summed E-state index contributed by atoms with van der Waals surface area (Å²) in [6, 6.07) is 6.35. The van der Waals surface area contributed by atoms with Crippen LogP contribution in [0.15, 0.2) is 23.7 Å². The van der Waals surface area contributed by atoms with E-state index in [0.717, 1.165) is 10.6 Å². The Morgan fingerprint density at radius 2 is 2.00 bits per heavy atom. The van der Waals surface area contributed by atoms with Gasteiger partial charge in [0.1, 0.15) is 0 Å². The summed E-state index contributed by atoms with van der Waals surface area (Å²) in [7, 11) is 0. The van der Waals surface area contributed by atoms with Crippen molar-refractivity contribution in [3.05, 3.63) is 51.0 Å². The van der Waals surface area contributed by atoms with Crippen LogP contribution in [0, 0.1) is 20.8 Å².